The van der Waals surface area contributed by atoms with E-state index < -0.39 is 6.10 Å². The van der Waals surface area contributed by atoms with Crippen molar-refractivity contribution < 1.29 is 14.3 Å². The molecule has 0 saturated carbocycles. The largest absolute Gasteiger partial charge is 0.485 e. The van der Waals surface area contributed by atoms with Gasteiger partial charge in [-0.15, -0.1) is 11.7 Å². The molecule has 4 heterocycles. The first-order chi connectivity index (χ1) is 16.0. The predicted molar refractivity (Wildman–Crippen MR) is 127 cm³/mol. The maximum Gasteiger partial charge on any atom is 0.291 e. The van der Waals surface area contributed by atoms with Crippen molar-refractivity contribution >= 4 is 49.4 Å². The number of carbonyl (C=O) groups is 1. The summed E-state index contributed by atoms with van der Waals surface area (Å²) in [4.78, 5) is 33.1. The zero-order valence-corrected chi connectivity index (χ0v) is 19.4. The van der Waals surface area contributed by atoms with Crippen molar-refractivity contribution in [2.45, 2.75) is 6.10 Å². The lowest BCUT2D eigenvalue weighted by molar-refractivity contribution is -0.112. The summed E-state index contributed by atoms with van der Waals surface area (Å²) in [7, 11) is 0. The van der Waals surface area contributed by atoms with Gasteiger partial charge in [0.15, 0.2) is 23.4 Å². The number of hydrogen-bond acceptors (Lipinski definition) is 7. The lowest BCUT2D eigenvalue weighted by atomic mass is 10.1. The quantitative estimate of drug-likeness (QED) is 0.384. The van der Waals surface area contributed by atoms with Crippen LogP contribution in [0.3, 0.4) is 0 Å². The van der Waals surface area contributed by atoms with Gasteiger partial charge in [0.2, 0.25) is 4.96 Å². The molecule has 6 rings (SSSR count). The van der Waals surface area contributed by atoms with Crippen molar-refractivity contribution in [3.05, 3.63) is 85.9 Å². The van der Waals surface area contributed by atoms with Gasteiger partial charge in [-0.25, -0.2) is 0 Å². The fourth-order valence-electron chi connectivity index (χ4n) is 4.02. The fourth-order valence-corrected chi connectivity index (χ4v) is 5.38. The molecule has 0 radical (unpaired) electrons. The summed E-state index contributed by atoms with van der Waals surface area (Å²) in [5.41, 5.74) is 1.39. The Morgan fingerprint density at radius 3 is 2.82 bits per heavy atom. The number of amides is 1. The van der Waals surface area contributed by atoms with Crippen molar-refractivity contribution in [3.63, 3.8) is 0 Å². The van der Waals surface area contributed by atoms with Crippen LogP contribution < -0.4 is 24.5 Å². The van der Waals surface area contributed by atoms with E-state index in [1.165, 1.54) is 4.52 Å². The highest BCUT2D eigenvalue weighted by Crippen LogP contribution is 2.37. The van der Waals surface area contributed by atoms with Gasteiger partial charge in [-0.3, -0.25) is 9.59 Å². The van der Waals surface area contributed by atoms with Gasteiger partial charge in [0.05, 0.1) is 11.3 Å². The minimum absolute atomic E-state index is 0.240. The third-order valence-corrected chi connectivity index (χ3v) is 7.01. The van der Waals surface area contributed by atoms with Gasteiger partial charge in [0.1, 0.15) is 11.1 Å². The Hall–Kier alpha value is -3.50. The first kappa shape index (κ1) is 20.1. The molecule has 1 amide bonds. The molecule has 0 N–H and O–H groups in total. The van der Waals surface area contributed by atoms with Gasteiger partial charge >= 0.3 is 0 Å². The maximum absolute atomic E-state index is 13.3. The number of rotatable bonds is 3. The minimum atomic E-state index is -0.532. The van der Waals surface area contributed by atoms with Crippen molar-refractivity contribution in [2.75, 3.05) is 18.1 Å². The maximum atomic E-state index is 13.3. The molecular weight excluding hydrogens is 508 g/mol. The number of halogens is 1. The number of fused-ring (bicyclic) bond motifs is 3. The highest BCUT2D eigenvalue weighted by molar-refractivity contribution is 9.10. The van der Waals surface area contributed by atoms with Crippen LogP contribution in [0.25, 0.3) is 10.5 Å². The number of aromatic nitrogens is 3. The fraction of sp³-hybridized carbons (Fsp3) is 0.130. The van der Waals surface area contributed by atoms with E-state index in [-0.39, 0.29) is 18.1 Å². The van der Waals surface area contributed by atoms with Crippen molar-refractivity contribution in [1.29, 1.82) is 0 Å². The van der Waals surface area contributed by atoms with Crippen molar-refractivity contribution in [1.82, 2.24) is 14.6 Å². The molecule has 8 nitrogen and oxygen atoms in total. The summed E-state index contributed by atoms with van der Waals surface area (Å²) >= 11 is 4.60. The van der Waals surface area contributed by atoms with Gasteiger partial charge in [-0.05, 0) is 30.3 Å². The van der Waals surface area contributed by atoms with Gasteiger partial charge in [0, 0.05) is 16.6 Å². The first-order valence-corrected chi connectivity index (χ1v) is 11.7. The third-order valence-electron chi connectivity index (χ3n) is 5.49. The Bertz CT molecular complexity index is 1580. The summed E-state index contributed by atoms with van der Waals surface area (Å²) in [6.45, 7) is 4.32. The second-order valence-electron chi connectivity index (χ2n) is 7.51. The van der Waals surface area contributed by atoms with E-state index in [2.05, 4.69) is 32.6 Å². The molecule has 1 atom stereocenters. The normalized spacial score (nSPS) is 18.6. The molecule has 2 aliphatic rings. The second kappa shape index (κ2) is 7.53. The lowest BCUT2D eigenvalue weighted by Gasteiger charge is -2.24. The third kappa shape index (κ3) is 3.09. The number of hydrogen-bond donors (Lipinski definition) is 0. The first-order valence-electron chi connectivity index (χ1n) is 10.1. The van der Waals surface area contributed by atoms with Crippen LogP contribution in [0, 0.1) is 0 Å². The Morgan fingerprint density at radius 2 is 2.03 bits per heavy atom. The summed E-state index contributed by atoms with van der Waals surface area (Å²) in [5, 5.41) is 4.39. The van der Waals surface area contributed by atoms with Crippen LogP contribution >= 0.6 is 27.3 Å². The van der Waals surface area contributed by atoms with Gasteiger partial charge in [0.25, 0.3) is 11.5 Å². The van der Waals surface area contributed by atoms with Crippen molar-refractivity contribution in [3.8, 4) is 11.5 Å². The standard InChI is InChI=1S/C23H15BrN4O4S/c1-2-9-27-14-8-7-12(24)10-13(14)18(21(27)29)19-22(30)28-23(33-19)25-20(26-28)17-11-31-15-5-3-4-6-16(15)32-17/h2-8,10,17H,1,9,11H2/b19-18-. The molecule has 0 bridgehead atoms. The smallest absolute Gasteiger partial charge is 0.291 e. The Labute approximate surface area is 199 Å². The van der Waals surface area contributed by atoms with Gasteiger partial charge in [-0.2, -0.15) is 9.50 Å². The average Bonchev–Trinajstić information content (AvgIpc) is 3.45. The van der Waals surface area contributed by atoms with Gasteiger partial charge in [-0.1, -0.05) is 45.5 Å². The summed E-state index contributed by atoms with van der Waals surface area (Å²) in [6, 6.07) is 12.9. The number of benzene rings is 2. The van der Waals surface area contributed by atoms with E-state index in [1.807, 2.05) is 42.5 Å². The molecule has 4 aromatic rings. The van der Waals surface area contributed by atoms with Gasteiger partial charge < -0.3 is 14.4 Å². The van der Waals surface area contributed by atoms with E-state index in [4.69, 9.17) is 9.47 Å². The Kier molecular flexibility index (Phi) is 4.59. The van der Waals surface area contributed by atoms with Crippen LogP contribution in [-0.4, -0.2) is 33.7 Å². The highest BCUT2D eigenvalue weighted by atomic mass is 79.9. The zero-order chi connectivity index (χ0) is 22.7. The van der Waals surface area contributed by atoms with Crippen LogP contribution in [0.15, 0.2) is 64.4 Å². The molecule has 0 saturated heterocycles. The van der Waals surface area contributed by atoms with Crippen molar-refractivity contribution in [2.24, 2.45) is 0 Å². The highest BCUT2D eigenvalue weighted by Gasteiger charge is 2.34. The molecule has 0 aliphatic carbocycles. The molecular formula is C23H15BrN4O4S. The van der Waals surface area contributed by atoms with Crippen LogP contribution in [0.1, 0.15) is 17.5 Å². The zero-order valence-electron chi connectivity index (χ0n) is 17.0. The van der Waals surface area contributed by atoms with E-state index in [0.29, 0.717) is 44.5 Å². The number of ether oxygens (including phenoxy) is 2. The molecule has 2 aliphatic heterocycles. The summed E-state index contributed by atoms with van der Waals surface area (Å²) < 4.78 is 14.1. The van der Waals surface area contributed by atoms with E-state index >= 15 is 0 Å². The van der Waals surface area contributed by atoms with E-state index in [9.17, 15) is 9.59 Å². The Balaban J connectivity index is 1.46. The predicted octanol–water partition coefficient (Wildman–Crippen LogP) is 2.88. The Morgan fingerprint density at radius 1 is 1.21 bits per heavy atom. The number of thiazole rings is 1. The number of carbonyl (C=O) groups excluding carboxylic acids is 1. The molecule has 33 heavy (non-hydrogen) atoms. The molecule has 10 heteroatoms. The lowest BCUT2D eigenvalue weighted by Crippen LogP contribution is -2.32. The van der Waals surface area contributed by atoms with Crippen LogP contribution in [-0.2, 0) is 4.79 Å². The number of para-hydroxylation sites is 2. The number of nitrogens with zero attached hydrogens (tertiary/aromatic N) is 4. The van der Waals surface area contributed by atoms with Crippen LogP contribution in [0.5, 0.6) is 11.5 Å². The van der Waals surface area contributed by atoms with E-state index in [1.54, 1.807) is 11.0 Å². The molecule has 1 unspecified atom stereocenters. The van der Waals surface area contributed by atoms with Crippen LogP contribution in [0.2, 0.25) is 0 Å². The van der Waals surface area contributed by atoms with E-state index in [0.717, 1.165) is 21.5 Å². The molecule has 0 fully saturated rings. The molecule has 0 spiro atoms. The SMILES string of the molecule is C=CCN1C(=O)/C(=c2\sc3nc(C4COc5ccccc5O4)nn3c2=O)c2cc(Br)ccc21. The summed E-state index contributed by atoms with van der Waals surface area (Å²) in [5.74, 6) is 1.38. The van der Waals surface area contributed by atoms with Crippen LogP contribution in [0.4, 0.5) is 5.69 Å². The molecule has 2 aromatic carbocycles. The second-order valence-corrected chi connectivity index (χ2v) is 9.40. The molecule has 164 valence electrons. The number of anilines is 1. The average molecular weight is 523 g/mol. The monoisotopic (exact) mass is 522 g/mol. The topological polar surface area (TPSA) is 86.0 Å². The molecule has 2 aromatic heterocycles. The summed E-state index contributed by atoms with van der Waals surface area (Å²) in [6.07, 6.45) is 1.12. The minimum Gasteiger partial charge on any atom is -0.485 e.